The fraction of sp³-hybridized carbons (Fsp3) is 0.649. The van der Waals surface area contributed by atoms with Crippen LogP contribution >= 0.6 is 0 Å². The molecule has 1 atom stereocenters. The Morgan fingerprint density at radius 1 is 0.795 bits per heavy atom. The Bertz CT molecular complexity index is 960. The van der Waals surface area contributed by atoms with Gasteiger partial charge in [-0.15, -0.1) is 0 Å². The SMILES string of the molecule is CCCCCCCCC1(C#N)CCC(c2ccc(-c3ccc(OCC[C@H](C)CCCC(C)C)cc3)cc2)CC1. The van der Waals surface area contributed by atoms with Gasteiger partial charge in [-0.1, -0.05) is 122 Å². The van der Waals surface area contributed by atoms with Crippen LogP contribution in [0.5, 0.6) is 5.75 Å². The third-order valence-electron chi connectivity index (χ3n) is 9.12. The summed E-state index contributed by atoms with van der Waals surface area (Å²) < 4.78 is 6.04. The highest BCUT2D eigenvalue weighted by molar-refractivity contribution is 5.64. The maximum Gasteiger partial charge on any atom is 0.119 e. The molecule has 2 heteroatoms. The lowest BCUT2D eigenvalue weighted by Gasteiger charge is -2.35. The van der Waals surface area contributed by atoms with Gasteiger partial charge in [-0.2, -0.15) is 5.26 Å². The van der Waals surface area contributed by atoms with E-state index in [4.69, 9.17) is 4.74 Å². The molecule has 2 aromatic carbocycles. The lowest BCUT2D eigenvalue weighted by Crippen LogP contribution is -2.25. The van der Waals surface area contributed by atoms with Gasteiger partial charge in [-0.25, -0.2) is 0 Å². The summed E-state index contributed by atoms with van der Waals surface area (Å²) in [5, 5.41) is 9.98. The van der Waals surface area contributed by atoms with E-state index in [1.165, 1.54) is 74.5 Å². The fourth-order valence-electron chi connectivity index (χ4n) is 6.25. The summed E-state index contributed by atoms with van der Waals surface area (Å²) >= 11 is 0. The van der Waals surface area contributed by atoms with E-state index >= 15 is 0 Å². The molecule has 2 aromatic rings. The minimum Gasteiger partial charge on any atom is -0.494 e. The van der Waals surface area contributed by atoms with Crippen molar-refractivity contribution < 1.29 is 4.74 Å². The monoisotopic (exact) mass is 529 g/mol. The van der Waals surface area contributed by atoms with Crippen molar-refractivity contribution in [3.8, 4) is 22.9 Å². The number of rotatable bonds is 17. The highest BCUT2D eigenvalue weighted by atomic mass is 16.5. The van der Waals surface area contributed by atoms with Gasteiger partial charge >= 0.3 is 0 Å². The molecule has 0 saturated heterocycles. The molecule has 1 fully saturated rings. The van der Waals surface area contributed by atoms with Crippen LogP contribution in [-0.4, -0.2) is 6.61 Å². The van der Waals surface area contributed by atoms with Gasteiger partial charge in [-0.05, 0) is 85.1 Å². The van der Waals surface area contributed by atoms with Crippen molar-refractivity contribution in [1.29, 1.82) is 5.26 Å². The predicted octanol–water partition coefficient (Wildman–Crippen LogP) is 11.5. The molecule has 0 unspecified atom stereocenters. The first-order valence-electron chi connectivity index (χ1n) is 16.2. The van der Waals surface area contributed by atoms with E-state index < -0.39 is 0 Å². The summed E-state index contributed by atoms with van der Waals surface area (Å²) in [6, 6.07) is 20.5. The van der Waals surface area contributed by atoms with Crippen molar-refractivity contribution >= 4 is 0 Å². The summed E-state index contributed by atoms with van der Waals surface area (Å²) in [5.74, 6) is 3.09. The smallest absolute Gasteiger partial charge is 0.119 e. The number of unbranched alkanes of at least 4 members (excludes halogenated alkanes) is 5. The number of nitriles is 1. The maximum absolute atomic E-state index is 9.98. The lowest BCUT2D eigenvalue weighted by atomic mass is 9.67. The largest absolute Gasteiger partial charge is 0.494 e. The van der Waals surface area contributed by atoms with Crippen LogP contribution in [0.3, 0.4) is 0 Å². The van der Waals surface area contributed by atoms with Crippen LogP contribution in [-0.2, 0) is 0 Å². The molecule has 1 saturated carbocycles. The molecule has 0 radical (unpaired) electrons. The van der Waals surface area contributed by atoms with E-state index in [2.05, 4.69) is 82.3 Å². The van der Waals surface area contributed by atoms with Gasteiger partial charge in [0.25, 0.3) is 0 Å². The third kappa shape index (κ3) is 10.7. The molecule has 39 heavy (non-hydrogen) atoms. The second-order valence-corrected chi connectivity index (χ2v) is 12.9. The first-order chi connectivity index (χ1) is 18.9. The fourth-order valence-corrected chi connectivity index (χ4v) is 6.25. The van der Waals surface area contributed by atoms with Crippen molar-refractivity contribution in [2.45, 2.75) is 130 Å². The van der Waals surface area contributed by atoms with Gasteiger partial charge in [0, 0.05) is 0 Å². The van der Waals surface area contributed by atoms with Crippen LogP contribution in [0, 0.1) is 28.6 Å². The molecule has 0 aliphatic heterocycles. The molecule has 1 aliphatic carbocycles. The highest BCUT2D eigenvalue weighted by Gasteiger charge is 2.35. The van der Waals surface area contributed by atoms with Crippen molar-refractivity contribution in [3.05, 3.63) is 54.1 Å². The molecule has 0 heterocycles. The van der Waals surface area contributed by atoms with Gasteiger partial charge < -0.3 is 4.74 Å². The van der Waals surface area contributed by atoms with E-state index in [-0.39, 0.29) is 5.41 Å². The Morgan fingerprint density at radius 3 is 2.03 bits per heavy atom. The van der Waals surface area contributed by atoms with Crippen LogP contribution in [0.4, 0.5) is 0 Å². The summed E-state index contributed by atoms with van der Waals surface area (Å²) in [5.41, 5.74) is 3.86. The van der Waals surface area contributed by atoms with E-state index in [1.54, 1.807) is 0 Å². The molecule has 0 spiro atoms. The average Bonchev–Trinajstić information content (AvgIpc) is 2.95. The number of ether oxygens (including phenoxy) is 1. The molecule has 214 valence electrons. The molecular formula is C37H55NO. The zero-order valence-corrected chi connectivity index (χ0v) is 25.5. The molecule has 3 rings (SSSR count). The molecule has 0 bridgehead atoms. The average molecular weight is 530 g/mol. The van der Waals surface area contributed by atoms with Gasteiger partial charge in [0.05, 0.1) is 18.1 Å². The van der Waals surface area contributed by atoms with Crippen LogP contribution in [0.15, 0.2) is 48.5 Å². The Labute approximate surface area is 240 Å². The van der Waals surface area contributed by atoms with Crippen LogP contribution in [0.1, 0.15) is 135 Å². The van der Waals surface area contributed by atoms with Crippen molar-refractivity contribution in [2.75, 3.05) is 6.61 Å². The topological polar surface area (TPSA) is 33.0 Å². The zero-order chi connectivity index (χ0) is 27.9. The van der Waals surface area contributed by atoms with Gasteiger partial charge in [0.1, 0.15) is 5.75 Å². The quantitative estimate of drug-likeness (QED) is 0.191. The Morgan fingerprint density at radius 2 is 1.41 bits per heavy atom. The Kier molecular flexibility index (Phi) is 13.4. The van der Waals surface area contributed by atoms with Crippen LogP contribution < -0.4 is 4.74 Å². The molecule has 1 aliphatic rings. The van der Waals surface area contributed by atoms with Gasteiger partial charge in [-0.3, -0.25) is 0 Å². The van der Waals surface area contributed by atoms with E-state index in [0.717, 1.165) is 62.7 Å². The summed E-state index contributed by atoms with van der Waals surface area (Å²) in [4.78, 5) is 0. The van der Waals surface area contributed by atoms with Crippen LogP contribution in [0.2, 0.25) is 0 Å². The first kappa shape index (κ1) is 31.3. The standard InChI is InChI=1S/C37H55NO/c1-5-6-7-8-9-10-25-37(29-38)26-22-35(23-27-37)33-16-14-32(15-17-33)34-18-20-36(21-19-34)39-28-24-31(4)13-11-12-30(2)3/h14-21,30-31,35H,5-13,22-28H2,1-4H3/t31-,35?,37?/m1/s1. The number of nitrogens with zero attached hydrogens (tertiary/aromatic N) is 1. The first-order valence-corrected chi connectivity index (χ1v) is 16.2. The Hall–Kier alpha value is -2.27. The lowest BCUT2D eigenvalue weighted by molar-refractivity contribution is 0.223. The molecule has 0 N–H and O–H groups in total. The number of benzene rings is 2. The van der Waals surface area contributed by atoms with E-state index in [1.807, 2.05) is 0 Å². The van der Waals surface area contributed by atoms with Crippen molar-refractivity contribution in [2.24, 2.45) is 17.3 Å². The van der Waals surface area contributed by atoms with Crippen molar-refractivity contribution in [3.63, 3.8) is 0 Å². The third-order valence-corrected chi connectivity index (χ3v) is 9.12. The zero-order valence-electron chi connectivity index (χ0n) is 25.5. The number of hydrogen-bond donors (Lipinski definition) is 0. The molecule has 0 amide bonds. The van der Waals surface area contributed by atoms with E-state index in [9.17, 15) is 5.26 Å². The second-order valence-electron chi connectivity index (χ2n) is 12.9. The van der Waals surface area contributed by atoms with E-state index in [0.29, 0.717) is 5.92 Å². The van der Waals surface area contributed by atoms with Gasteiger partial charge in [0.15, 0.2) is 0 Å². The minimum atomic E-state index is -0.0726. The summed E-state index contributed by atoms with van der Waals surface area (Å²) in [6.07, 6.45) is 18.4. The second kappa shape index (κ2) is 16.7. The molecule has 0 aromatic heterocycles. The Balaban J connectivity index is 1.42. The molecular weight excluding hydrogens is 474 g/mol. The summed E-state index contributed by atoms with van der Waals surface area (Å²) in [6.45, 7) is 10.0. The molecule has 2 nitrogen and oxygen atoms in total. The van der Waals surface area contributed by atoms with Gasteiger partial charge in [0.2, 0.25) is 0 Å². The van der Waals surface area contributed by atoms with Crippen molar-refractivity contribution in [1.82, 2.24) is 0 Å². The normalized spacial score (nSPS) is 20.1. The predicted molar refractivity (Wildman–Crippen MR) is 167 cm³/mol. The minimum absolute atomic E-state index is 0.0726. The highest BCUT2D eigenvalue weighted by Crippen LogP contribution is 2.46. The number of hydrogen-bond acceptors (Lipinski definition) is 2. The maximum atomic E-state index is 9.98. The van der Waals surface area contributed by atoms with Crippen LogP contribution in [0.25, 0.3) is 11.1 Å². The summed E-state index contributed by atoms with van der Waals surface area (Å²) in [7, 11) is 0.